The zero-order chi connectivity index (χ0) is 19.7. The Morgan fingerprint density at radius 1 is 0.893 bits per heavy atom. The van der Waals surface area contributed by atoms with Gasteiger partial charge in [0.15, 0.2) is 5.52 Å². The van der Waals surface area contributed by atoms with Crippen LogP contribution in [0, 0.1) is 5.82 Å². The summed E-state index contributed by atoms with van der Waals surface area (Å²) in [5, 5.41) is 0.530. The number of pyridine rings is 1. The number of rotatable bonds is 4. The molecule has 0 unspecified atom stereocenters. The highest BCUT2D eigenvalue weighted by atomic mass is 35.5. The Morgan fingerprint density at radius 3 is 2.39 bits per heavy atom. The first-order valence-corrected chi connectivity index (χ1v) is 8.98. The first-order valence-electron chi connectivity index (χ1n) is 8.61. The summed E-state index contributed by atoms with van der Waals surface area (Å²) in [5.74, 6) is -0.382. The molecule has 0 radical (unpaired) electrons. The summed E-state index contributed by atoms with van der Waals surface area (Å²) in [6.45, 7) is 0.220. The molecule has 5 nitrogen and oxygen atoms in total. The summed E-state index contributed by atoms with van der Waals surface area (Å²) in [4.78, 5) is 30.2. The van der Waals surface area contributed by atoms with Crippen LogP contribution in [0.4, 0.5) is 4.39 Å². The normalized spacial score (nSPS) is 11.1. The third kappa shape index (κ3) is 3.34. The van der Waals surface area contributed by atoms with Crippen LogP contribution in [0.15, 0.2) is 76.4 Å². The van der Waals surface area contributed by atoms with Gasteiger partial charge in [-0.2, -0.15) is 0 Å². The number of nitrogens with zero attached hydrogens (tertiary/aromatic N) is 3. The maximum absolute atomic E-state index is 13.2. The molecule has 28 heavy (non-hydrogen) atoms. The maximum Gasteiger partial charge on any atom is 0.332 e. The van der Waals surface area contributed by atoms with Gasteiger partial charge in [-0.05, 0) is 41.5 Å². The van der Waals surface area contributed by atoms with E-state index in [9.17, 15) is 14.0 Å². The minimum atomic E-state index is -0.486. The largest absolute Gasteiger partial charge is 0.332 e. The first-order chi connectivity index (χ1) is 13.5. The lowest BCUT2D eigenvalue weighted by atomic mass is 10.2. The van der Waals surface area contributed by atoms with Gasteiger partial charge in [0.25, 0.3) is 5.56 Å². The summed E-state index contributed by atoms with van der Waals surface area (Å²) in [5.41, 5.74) is 1.06. The molecule has 2 heterocycles. The predicted octanol–water partition coefficient (Wildman–Crippen LogP) is 3.45. The van der Waals surface area contributed by atoms with Gasteiger partial charge in [-0.25, -0.2) is 14.2 Å². The first kappa shape index (κ1) is 18.1. The predicted molar refractivity (Wildman–Crippen MR) is 106 cm³/mol. The van der Waals surface area contributed by atoms with E-state index < -0.39 is 11.2 Å². The van der Waals surface area contributed by atoms with Crippen LogP contribution in [0.3, 0.4) is 0 Å². The fourth-order valence-corrected chi connectivity index (χ4v) is 3.30. The molecule has 0 aliphatic heterocycles. The monoisotopic (exact) mass is 395 g/mol. The van der Waals surface area contributed by atoms with Gasteiger partial charge in [-0.1, -0.05) is 41.9 Å². The lowest BCUT2D eigenvalue weighted by molar-refractivity contribution is 0.619. The molecule has 140 valence electrons. The highest BCUT2D eigenvalue weighted by Crippen LogP contribution is 2.17. The van der Waals surface area contributed by atoms with Crippen molar-refractivity contribution in [2.24, 2.45) is 0 Å². The van der Waals surface area contributed by atoms with Crippen LogP contribution in [0.25, 0.3) is 11.0 Å². The standard InChI is InChI=1S/C21H15ClFN3O2/c22-17-5-2-1-4-15(17)13-25-18-6-3-11-24-19(18)20(27)26(21(25)28)12-14-7-9-16(23)10-8-14/h1-11H,12-13H2. The van der Waals surface area contributed by atoms with Gasteiger partial charge in [0.1, 0.15) is 5.82 Å². The van der Waals surface area contributed by atoms with E-state index in [4.69, 9.17) is 11.6 Å². The highest BCUT2D eigenvalue weighted by molar-refractivity contribution is 6.31. The summed E-state index contributed by atoms with van der Waals surface area (Å²) >= 11 is 6.26. The SMILES string of the molecule is O=c1c2ncccc2n(Cc2ccccc2Cl)c(=O)n1Cc1ccc(F)cc1. The molecule has 2 aromatic heterocycles. The Balaban J connectivity index is 1.91. The van der Waals surface area contributed by atoms with Crippen LogP contribution in [0.5, 0.6) is 0 Å². The van der Waals surface area contributed by atoms with Crippen molar-refractivity contribution >= 4 is 22.6 Å². The number of aromatic nitrogens is 3. The maximum atomic E-state index is 13.2. The van der Waals surface area contributed by atoms with Crippen molar-refractivity contribution in [2.45, 2.75) is 13.1 Å². The smallest absolute Gasteiger partial charge is 0.287 e. The van der Waals surface area contributed by atoms with Crippen LogP contribution in [0.2, 0.25) is 5.02 Å². The molecule has 0 fully saturated rings. The van der Waals surface area contributed by atoms with Crippen LogP contribution >= 0.6 is 11.6 Å². The van der Waals surface area contributed by atoms with Crippen LogP contribution in [-0.4, -0.2) is 14.1 Å². The van der Waals surface area contributed by atoms with Crippen molar-refractivity contribution in [1.82, 2.24) is 14.1 Å². The van der Waals surface area contributed by atoms with E-state index in [1.165, 1.54) is 22.9 Å². The average Bonchev–Trinajstić information content (AvgIpc) is 2.71. The molecule has 0 atom stereocenters. The van der Waals surface area contributed by atoms with E-state index in [-0.39, 0.29) is 24.4 Å². The molecule has 0 N–H and O–H groups in total. The summed E-state index contributed by atoms with van der Waals surface area (Å²) in [6, 6.07) is 16.3. The van der Waals surface area contributed by atoms with Crippen molar-refractivity contribution in [3.05, 3.63) is 110 Å². The van der Waals surface area contributed by atoms with Crippen LogP contribution in [-0.2, 0) is 13.1 Å². The van der Waals surface area contributed by atoms with E-state index in [0.29, 0.717) is 16.1 Å². The molecule has 0 saturated heterocycles. The minimum absolute atomic E-state index is 0.0208. The molecule has 7 heteroatoms. The number of halogens is 2. The molecule has 0 aliphatic rings. The lowest BCUT2D eigenvalue weighted by Crippen LogP contribution is -2.40. The van der Waals surface area contributed by atoms with Crippen LogP contribution in [0.1, 0.15) is 11.1 Å². The van der Waals surface area contributed by atoms with E-state index in [2.05, 4.69) is 4.98 Å². The summed E-state index contributed by atoms with van der Waals surface area (Å²) < 4.78 is 15.8. The third-order valence-corrected chi connectivity index (χ3v) is 4.90. The van der Waals surface area contributed by atoms with Gasteiger partial charge in [0.2, 0.25) is 0 Å². The van der Waals surface area contributed by atoms with E-state index in [1.807, 2.05) is 18.2 Å². The molecule has 4 aromatic rings. The zero-order valence-corrected chi connectivity index (χ0v) is 15.4. The quantitative estimate of drug-likeness (QED) is 0.532. The second-order valence-corrected chi connectivity index (χ2v) is 6.76. The van der Waals surface area contributed by atoms with E-state index in [0.717, 1.165) is 10.1 Å². The van der Waals surface area contributed by atoms with Crippen molar-refractivity contribution in [3.8, 4) is 0 Å². The number of hydrogen-bond acceptors (Lipinski definition) is 3. The van der Waals surface area contributed by atoms with Gasteiger partial charge in [0.05, 0.1) is 18.6 Å². The van der Waals surface area contributed by atoms with E-state index in [1.54, 1.807) is 30.3 Å². The Bertz CT molecular complexity index is 1280. The molecular weight excluding hydrogens is 381 g/mol. The summed E-state index contributed by atoms with van der Waals surface area (Å²) in [7, 11) is 0. The number of fused-ring (bicyclic) bond motifs is 1. The molecule has 0 bridgehead atoms. The van der Waals surface area contributed by atoms with Crippen molar-refractivity contribution in [1.29, 1.82) is 0 Å². The van der Waals surface area contributed by atoms with Gasteiger partial charge < -0.3 is 0 Å². The molecule has 2 aromatic carbocycles. The molecule has 0 amide bonds. The van der Waals surface area contributed by atoms with Gasteiger partial charge in [-0.15, -0.1) is 0 Å². The Labute approximate surface area is 164 Å². The summed E-state index contributed by atoms with van der Waals surface area (Å²) in [6.07, 6.45) is 1.51. The van der Waals surface area contributed by atoms with Gasteiger partial charge >= 0.3 is 5.69 Å². The second-order valence-electron chi connectivity index (χ2n) is 6.35. The van der Waals surface area contributed by atoms with E-state index >= 15 is 0 Å². The molecule has 0 saturated carbocycles. The van der Waals surface area contributed by atoms with Gasteiger partial charge in [0, 0.05) is 11.2 Å². The molecule has 0 spiro atoms. The topological polar surface area (TPSA) is 56.9 Å². The third-order valence-electron chi connectivity index (χ3n) is 4.53. The Kier molecular flexibility index (Phi) is 4.79. The van der Waals surface area contributed by atoms with Crippen LogP contribution < -0.4 is 11.2 Å². The fourth-order valence-electron chi connectivity index (χ4n) is 3.10. The lowest BCUT2D eigenvalue weighted by Gasteiger charge is -2.14. The van der Waals surface area contributed by atoms with Crippen molar-refractivity contribution in [2.75, 3.05) is 0 Å². The Morgan fingerprint density at radius 2 is 1.64 bits per heavy atom. The molecule has 0 aliphatic carbocycles. The fraction of sp³-hybridized carbons (Fsp3) is 0.0952. The second kappa shape index (κ2) is 7.40. The Hall–Kier alpha value is -3.25. The van der Waals surface area contributed by atoms with Crippen molar-refractivity contribution < 1.29 is 4.39 Å². The zero-order valence-electron chi connectivity index (χ0n) is 14.7. The molecule has 4 rings (SSSR count). The van der Waals surface area contributed by atoms with Crippen molar-refractivity contribution in [3.63, 3.8) is 0 Å². The number of hydrogen-bond donors (Lipinski definition) is 0. The molecular formula is C21H15ClFN3O2. The minimum Gasteiger partial charge on any atom is -0.287 e. The number of benzene rings is 2. The van der Waals surface area contributed by atoms with Gasteiger partial charge in [-0.3, -0.25) is 13.9 Å². The highest BCUT2D eigenvalue weighted by Gasteiger charge is 2.15. The average molecular weight is 396 g/mol.